The van der Waals surface area contributed by atoms with Crippen LogP contribution >= 0.6 is 0 Å². The van der Waals surface area contributed by atoms with Gasteiger partial charge in [0.1, 0.15) is 11.8 Å². The average molecular weight is 425 g/mol. The molecule has 0 radical (unpaired) electrons. The Hall–Kier alpha value is -2.82. The number of rotatable bonds is 12. The van der Waals surface area contributed by atoms with Crippen LogP contribution in [0, 0.1) is 5.92 Å². The summed E-state index contributed by atoms with van der Waals surface area (Å²) in [5, 5.41) is 2.98. The second-order valence-electron chi connectivity index (χ2n) is 8.17. The largest absolute Gasteiger partial charge is 0.484 e. The highest BCUT2D eigenvalue weighted by molar-refractivity contribution is 5.88. The van der Waals surface area contributed by atoms with Crippen molar-refractivity contribution in [2.45, 2.75) is 53.0 Å². The molecule has 2 amide bonds. The van der Waals surface area contributed by atoms with Crippen LogP contribution in [0.2, 0.25) is 0 Å². The molecule has 0 unspecified atom stereocenters. The smallest absolute Gasteiger partial charge is 0.261 e. The fourth-order valence-corrected chi connectivity index (χ4v) is 3.37. The van der Waals surface area contributed by atoms with Gasteiger partial charge in [-0.3, -0.25) is 9.59 Å². The molecule has 0 bridgehead atoms. The molecule has 0 heterocycles. The summed E-state index contributed by atoms with van der Waals surface area (Å²) in [7, 11) is 0. The maximum absolute atomic E-state index is 13.1. The lowest BCUT2D eigenvalue weighted by molar-refractivity contribution is -0.142. The zero-order valence-corrected chi connectivity index (χ0v) is 19.3. The van der Waals surface area contributed by atoms with E-state index in [2.05, 4.69) is 26.1 Å². The summed E-state index contributed by atoms with van der Waals surface area (Å²) in [5.41, 5.74) is 2.35. The molecule has 0 aliphatic carbocycles. The number of amides is 2. The van der Waals surface area contributed by atoms with Crippen LogP contribution in [0.4, 0.5) is 0 Å². The lowest BCUT2D eigenvalue weighted by Gasteiger charge is -2.30. The van der Waals surface area contributed by atoms with Gasteiger partial charge in [-0.15, -0.1) is 0 Å². The molecule has 31 heavy (non-hydrogen) atoms. The molecule has 0 aliphatic heterocycles. The van der Waals surface area contributed by atoms with Gasteiger partial charge in [-0.1, -0.05) is 70.2 Å². The van der Waals surface area contributed by atoms with Crippen LogP contribution in [0.3, 0.4) is 0 Å². The van der Waals surface area contributed by atoms with Crippen LogP contribution in [-0.4, -0.2) is 42.5 Å². The Morgan fingerprint density at radius 2 is 1.65 bits per heavy atom. The highest BCUT2D eigenvalue weighted by Gasteiger charge is 2.28. The van der Waals surface area contributed by atoms with Gasteiger partial charge in [0, 0.05) is 13.1 Å². The van der Waals surface area contributed by atoms with Crippen LogP contribution in [0.5, 0.6) is 5.75 Å². The molecule has 0 aliphatic rings. The number of benzene rings is 2. The van der Waals surface area contributed by atoms with E-state index in [4.69, 9.17) is 4.74 Å². The van der Waals surface area contributed by atoms with Gasteiger partial charge >= 0.3 is 0 Å². The zero-order valence-electron chi connectivity index (χ0n) is 19.3. The summed E-state index contributed by atoms with van der Waals surface area (Å²) < 4.78 is 5.75. The first-order valence-electron chi connectivity index (χ1n) is 11.3. The Morgan fingerprint density at radius 1 is 0.968 bits per heavy atom. The highest BCUT2D eigenvalue weighted by Crippen LogP contribution is 2.14. The number of nitrogens with zero attached hydrogens (tertiary/aromatic N) is 1. The summed E-state index contributed by atoms with van der Waals surface area (Å²) in [6, 6.07) is 17.3. The van der Waals surface area contributed by atoms with E-state index in [0.717, 1.165) is 12.0 Å². The van der Waals surface area contributed by atoms with Gasteiger partial charge in [0.15, 0.2) is 6.61 Å². The lowest BCUT2D eigenvalue weighted by atomic mass is 10.1. The Labute approximate surface area is 186 Å². The summed E-state index contributed by atoms with van der Waals surface area (Å²) in [4.78, 5) is 27.6. The molecule has 0 aromatic heterocycles. The van der Waals surface area contributed by atoms with Crippen molar-refractivity contribution in [1.82, 2.24) is 10.2 Å². The topological polar surface area (TPSA) is 58.6 Å². The molecule has 0 saturated heterocycles. The number of nitrogens with one attached hydrogen (secondary N) is 1. The molecule has 168 valence electrons. The van der Waals surface area contributed by atoms with Crippen molar-refractivity contribution in [1.29, 1.82) is 0 Å². The van der Waals surface area contributed by atoms with Crippen molar-refractivity contribution in [2.75, 3.05) is 19.7 Å². The van der Waals surface area contributed by atoms with Crippen molar-refractivity contribution in [3.8, 4) is 5.75 Å². The van der Waals surface area contributed by atoms with E-state index in [9.17, 15) is 9.59 Å². The number of hydrogen-bond acceptors (Lipinski definition) is 3. The van der Waals surface area contributed by atoms with Gasteiger partial charge in [0.2, 0.25) is 5.91 Å². The third-order valence-electron chi connectivity index (χ3n) is 5.25. The van der Waals surface area contributed by atoms with Gasteiger partial charge in [-0.05, 0) is 48.4 Å². The Kier molecular flexibility index (Phi) is 10.1. The first-order valence-corrected chi connectivity index (χ1v) is 11.3. The Morgan fingerprint density at radius 3 is 2.23 bits per heavy atom. The van der Waals surface area contributed by atoms with Crippen LogP contribution in [0.15, 0.2) is 54.6 Å². The third kappa shape index (κ3) is 8.08. The zero-order chi connectivity index (χ0) is 22.6. The molecule has 1 N–H and O–H groups in total. The molecule has 5 nitrogen and oxygen atoms in total. The van der Waals surface area contributed by atoms with Crippen molar-refractivity contribution in [3.05, 3.63) is 65.7 Å². The average Bonchev–Trinajstić information content (AvgIpc) is 2.79. The number of carbonyl (C=O) groups excluding carboxylic acids is 2. The van der Waals surface area contributed by atoms with E-state index in [-0.39, 0.29) is 18.4 Å². The predicted octanol–water partition coefficient (Wildman–Crippen LogP) is 4.25. The number of carbonyl (C=O) groups is 2. The molecule has 2 rings (SSSR count). The molecule has 0 saturated carbocycles. The van der Waals surface area contributed by atoms with Crippen molar-refractivity contribution >= 4 is 11.8 Å². The second-order valence-corrected chi connectivity index (χ2v) is 8.17. The van der Waals surface area contributed by atoms with Crippen LogP contribution < -0.4 is 10.1 Å². The maximum atomic E-state index is 13.1. The Balaban J connectivity index is 2.09. The summed E-state index contributed by atoms with van der Waals surface area (Å²) in [5.74, 6) is 0.724. The van der Waals surface area contributed by atoms with Crippen molar-refractivity contribution in [3.63, 3.8) is 0 Å². The quantitative estimate of drug-likeness (QED) is 0.554. The molecular formula is C26H36N2O3. The van der Waals surface area contributed by atoms with Crippen molar-refractivity contribution in [2.24, 2.45) is 5.92 Å². The van der Waals surface area contributed by atoms with Crippen LogP contribution in [-0.2, 0) is 22.4 Å². The molecule has 2 aromatic rings. The monoisotopic (exact) mass is 424 g/mol. The summed E-state index contributed by atoms with van der Waals surface area (Å²) in [6.45, 7) is 9.11. The van der Waals surface area contributed by atoms with Gasteiger partial charge in [0.05, 0.1) is 0 Å². The molecule has 1 atom stereocenters. The van der Waals surface area contributed by atoms with Gasteiger partial charge in [-0.2, -0.15) is 0 Å². The van der Waals surface area contributed by atoms with E-state index in [1.807, 2.05) is 61.5 Å². The van der Waals surface area contributed by atoms with Crippen LogP contribution in [0.25, 0.3) is 0 Å². The fraction of sp³-hybridized carbons (Fsp3) is 0.462. The number of hydrogen-bond donors (Lipinski definition) is 1. The minimum Gasteiger partial charge on any atom is -0.484 e. The third-order valence-corrected chi connectivity index (χ3v) is 5.25. The first kappa shape index (κ1) is 24.4. The minimum atomic E-state index is -0.513. The first-order chi connectivity index (χ1) is 14.9. The minimum absolute atomic E-state index is 0.0891. The van der Waals surface area contributed by atoms with Gasteiger partial charge in [-0.25, -0.2) is 0 Å². The van der Waals surface area contributed by atoms with E-state index in [1.54, 1.807) is 4.90 Å². The van der Waals surface area contributed by atoms with E-state index < -0.39 is 6.04 Å². The van der Waals surface area contributed by atoms with E-state index in [1.165, 1.54) is 5.56 Å². The van der Waals surface area contributed by atoms with Gasteiger partial charge in [0.25, 0.3) is 5.91 Å². The number of ether oxygens (including phenoxy) is 1. The van der Waals surface area contributed by atoms with E-state index >= 15 is 0 Å². The molecule has 5 heteroatoms. The maximum Gasteiger partial charge on any atom is 0.261 e. The standard InChI is InChI=1S/C26H36N2O3/c1-5-21-12-14-23(15-13-21)31-19-25(29)28(17-16-22-10-8-7-9-11-22)24(6-2)26(30)27-18-20(3)4/h7-15,20,24H,5-6,16-19H2,1-4H3,(H,27,30)/t24-/m1/s1. The molecule has 0 spiro atoms. The van der Waals surface area contributed by atoms with Gasteiger partial charge < -0.3 is 15.0 Å². The number of aryl methyl sites for hydroxylation is 1. The fourth-order valence-electron chi connectivity index (χ4n) is 3.37. The van der Waals surface area contributed by atoms with E-state index in [0.29, 0.717) is 37.6 Å². The highest BCUT2D eigenvalue weighted by atomic mass is 16.5. The van der Waals surface area contributed by atoms with Crippen molar-refractivity contribution < 1.29 is 14.3 Å². The lowest BCUT2D eigenvalue weighted by Crippen LogP contribution is -2.51. The summed E-state index contributed by atoms with van der Waals surface area (Å²) in [6.07, 6.45) is 2.19. The SMILES string of the molecule is CCc1ccc(OCC(=O)N(CCc2ccccc2)[C@H](CC)C(=O)NCC(C)C)cc1. The predicted molar refractivity (Wildman–Crippen MR) is 125 cm³/mol. The molecule has 2 aromatic carbocycles. The summed E-state index contributed by atoms with van der Waals surface area (Å²) >= 11 is 0. The molecule has 0 fully saturated rings. The Bertz CT molecular complexity index is 803. The second kappa shape index (κ2) is 12.8. The van der Waals surface area contributed by atoms with Crippen LogP contribution in [0.1, 0.15) is 45.2 Å². The normalized spacial score (nSPS) is 11.8. The molecular weight excluding hydrogens is 388 g/mol.